The lowest BCUT2D eigenvalue weighted by Gasteiger charge is -2.21. The molecule has 3 heteroatoms. The van der Waals surface area contributed by atoms with Crippen LogP contribution in [0.25, 0.3) is 0 Å². The third-order valence-electron chi connectivity index (χ3n) is 2.85. The summed E-state index contributed by atoms with van der Waals surface area (Å²) in [5.41, 5.74) is 0. The van der Waals surface area contributed by atoms with Crippen LogP contribution in [0.2, 0.25) is 0 Å². The fourth-order valence-electron chi connectivity index (χ4n) is 2.07. The summed E-state index contributed by atoms with van der Waals surface area (Å²) >= 11 is 5.31. The van der Waals surface area contributed by atoms with Crippen molar-refractivity contribution in [2.75, 3.05) is 12.5 Å². The SMILES string of the molecule is O=C(CCl)OCCCC1CCCCC1. The Hall–Kier alpha value is -0.240. The molecule has 0 saturated heterocycles. The van der Waals surface area contributed by atoms with E-state index in [-0.39, 0.29) is 11.8 Å². The first-order valence-corrected chi connectivity index (χ1v) is 6.08. The second kappa shape index (κ2) is 7.10. The molecule has 1 fully saturated rings. The first-order chi connectivity index (χ1) is 6.83. The maximum atomic E-state index is 10.7. The molecular weight excluding hydrogens is 200 g/mol. The molecular formula is C11H19ClO2. The maximum absolute atomic E-state index is 10.7. The van der Waals surface area contributed by atoms with Crippen LogP contribution in [-0.4, -0.2) is 18.5 Å². The molecule has 0 radical (unpaired) electrons. The van der Waals surface area contributed by atoms with Gasteiger partial charge in [-0.1, -0.05) is 32.1 Å². The van der Waals surface area contributed by atoms with Crippen LogP contribution in [0.5, 0.6) is 0 Å². The van der Waals surface area contributed by atoms with Crippen molar-refractivity contribution in [1.29, 1.82) is 0 Å². The van der Waals surface area contributed by atoms with E-state index in [9.17, 15) is 4.79 Å². The zero-order valence-electron chi connectivity index (χ0n) is 8.64. The summed E-state index contributed by atoms with van der Waals surface area (Å²) < 4.78 is 4.91. The molecule has 0 spiro atoms. The van der Waals surface area contributed by atoms with Crippen LogP contribution >= 0.6 is 11.6 Å². The van der Waals surface area contributed by atoms with Crippen molar-refractivity contribution in [3.05, 3.63) is 0 Å². The average Bonchev–Trinajstić information content (AvgIpc) is 2.25. The second-order valence-electron chi connectivity index (χ2n) is 4.00. The molecule has 0 aliphatic heterocycles. The Bertz CT molecular complexity index is 165. The fourth-order valence-corrected chi connectivity index (χ4v) is 2.15. The molecule has 0 N–H and O–H groups in total. The van der Waals surface area contributed by atoms with Gasteiger partial charge in [-0.15, -0.1) is 11.6 Å². The van der Waals surface area contributed by atoms with E-state index in [1.165, 1.54) is 38.5 Å². The molecule has 0 aromatic rings. The molecule has 0 heterocycles. The summed E-state index contributed by atoms with van der Waals surface area (Å²) in [5, 5.41) is 0. The number of hydrogen-bond acceptors (Lipinski definition) is 2. The summed E-state index contributed by atoms with van der Waals surface area (Å²) in [6.45, 7) is 0.544. The van der Waals surface area contributed by atoms with E-state index in [1.807, 2.05) is 0 Å². The lowest BCUT2D eigenvalue weighted by Crippen LogP contribution is -2.10. The Morgan fingerprint density at radius 3 is 2.64 bits per heavy atom. The first-order valence-electron chi connectivity index (χ1n) is 5.54. The van der Waals surface area contributed by atoms with Crippen molar-refractivity contribution < 1.29 is 9.53 Å². The predicted octanol–water partition coefficient (Wildman–Crippen LogP) is 3.13. The lowest BCUT2D eigenvalue weighted by molar-refractivity contribution is -0.140. The maximum Gasteiger partial charge on any atom is 0.320 e. The molecule has 0 unspecified atom stereocenters. The molecule has 82 valence electrons. The van der Waals surface area contributed by atoms with Crippen LogP contribution in [0.4, 0.5) is 0 Å². The highest BCUT2D eigenvalue weighted by molar-refractivity contribution is 6.26. The van der Waals surface area contributed by atoms with Crippen LogP contribution in [0, 0.1) is 5.92 Å². The Morgan fingerprint density at radius 1 is 1.29 bits per heavy atom. The van der Waals surface area contributed by atoms with Gasteiger partial charge in [0.15, 0.2) is 0 Å². The topological polar surface area (TPSA) is 26.3 Å². The van der Waals surface area contributed by atoms with Crippen molar-refractivity contribution in [2.45, 2.75) is 44.9 Å². The smallest absolute Gasteiger partial charge is 0.320 e. The molecule has 2 nitrogen and oxygen atoms in total. The quantitative estimate of drug-likeness (QED) is 0.403. The number of ether oxygens (including phenoxy) is 1. The molecule has 1 rings (SSSR count). The third kappa shape index (κ3) is 4.85. The van der Waals surface area contributed by atoms with E-state index in [0.717, 1.165) is 12.3 Å². The minimum atomic E-state index is -0.296. The normalized spacial score (nSPS) is 18.1. The number of carbonyl (C=O) groups excluding carboxylic acids is 1. The number of halogens is 1. The molecule has 0 aromatic carbocycles. The summed E-state index contributed by atoms with van der Waals surface area (Å²) in [5.74, 6) is 0.553. The monoisotopic (exact) mass is 218 g/mol. The van der Waals surface area contributed by atoms with Crippen molar-refractivity contribution in [1.82, 2.24) is 0 Å². The van der Waals surface area contributed by atoms with Crippen LogP contribution in [0.3, 0.4) is 0 Å². The Balaban J connectivity index is 1.94. The average molecular weight is 219 g/mol. The zero-order chi connectivity index (χ0) is 10.2. The first kappa shape index (κ1) is 11.8. The van der Waals surface area contributed by atoms with E-state index in [0.29, 0.717) is 6.61 Å². The summed E-state index contributed by atoms with van der Waals surface area (Å²) in [6.07, 6.45) is 9.09. The highest BCUT2D eigenvalue weighted by Crippen LogP contribution is 2.27. The van der Waals surface area contributed by atoms with Gasteiger partial charge in [-0.3, -0.25) is 4.79 Å². The Labute approximate surface area is 91.0 Å². The van der Waals surface area contributed by atoms with E-state index in [1.54, 1.807) is 0 Å². The number of hydrogen-bond donors (Lipinski definition) is 0. The van der Waals surface area contributed by atoms with Crippen molar-refractivity contribution in [3.8, 4) is 0 Å². The van der Waals surface area contributed by atoms with Crippen molar-refractivity contribution in [2.24, 2.45) is 5.92 Å². The van der Waals surface area contributed by atoms with Gasteiger partial charge in [0.2, 0.25) is 0 Å². The number of carbonyl (C=O) groups is 1. The van der Waals surface area contributed by atoms with E-state index < -0.39 is 0 Å². The van der Waals surface area contributed by atoms with Crippen LogP contribution in [0.1, 0.15) is 44.9 Å². The van der Waals surface area contributed by atoms with Gasteiger partial charge >= 0.3 is 5.97 Å². The lowest BCUT2D eigenvalue weighted by atomic mass is 9.86. The van der Waals surface area contributed by atoms with Gasteiger partial charge in [0.25, 0.3) is 0 Å². The summed E-state index contributed by atoms with van der Waals surface area (Å²) in [6, 6.07) is 0. The van der Waals surface area contributed by atoms with Gasteiger partial charge in [0.05, 0.1) is 6.61 Å². The van der Waals surface area contributed by atoms with Gasteiger partial charge in [-0.25, -0.2) is 0 Å². The van der Waals surface area contributed by atoms with E-state index in [2.05, 4.69) is 0 Å². The molecule has 1 aliphatic rings. The number of esters is 1. The molecule has 0 atom stereocenters. The molecule has 0 aromatic heterocycles. The Morgan fingerprint density at radius 2 is 2.00 bits per heavy atom. The Kier molecular flexibility index (Phi) is 6.00. The third-order valence-corrected chi connectivity index (χ3v) is 3.07. The standard InChI is InChI=1S/C11H19ClO2/c12-9-11(13)14-8-4-7-10-5-2-1-3-6-10/h10H,1-9H2. The molecule has 1 saturated carbocycles. The molecule has 1 aliphatic carbocycles. The van der Waals surface area contributed by atoms with E-state index in [4.69, 9.17) is 16.3 Å². The van der Waals surface area contributed by atoms with Crippen LogP contribution in [0.15, 0.2) is 0 Å². The number of alkyl halides is 1. The predicted molar refractivity (Wildman–Crippen MR) is 57.5 cm³/mol. The molecule has 14 heavy (non-hydrogen) atoms. The number of rotatable bonds is 5. The minimum Gasteiger partial charge on any atom is -0.465 e. The van der Waals surface area contributed by atoms with Crippen LogP contribution in [-0.2, 0) is 9.53 Å². The fraction of sp³-hybridized carbons (Fsp3) is 0.909. The van der Waals surface area contributed by atoms with Gasteiger partial charge < -0.3 is 4.74 Å². The summed E-state index contributed by atoms with van der Waals surface area (Å²) in [4.78, 5) is 10.7. The van der Waals surface area contributed by atoms with Gasteiger partial charge in [-0.2, -0.15) is 0 Å². The van der Waals surface area contributed by atoms with Crippen molar-refractivity contribution in [3.63, 3.8) is 0 Å². The largest absolute Gasteiger partial charge is 0.465 e. The van der Waals surface area contributed by atoms with Gasteiger partial charge in [0, 0.05) is 0 Å². The zero-order valence-corrected chi connectivity index (χ0v) is 9.39. The van der Waals surface area contributed by atoms with Crippen LogP contribution < -0.4 is 0 Å². The highest BCUT2D eigenvalue weighted by Gasteiger charge is 2.12. The molecule has 0 bridgehead atoms. The second-order valence-corrected chi connectivity index (χ2v) is 4.27. The van der Waals surface area contributed by atoms with Crippen molar-refractivity contribution >= 4 is 17.6 Å². The summed E-state index contributed by atoms with van der Waals surface area (Å²) in [7, 11) is 0. The highest BCUT2D eigenvalue weighted by atomic mass is 35.5. The van der Waals surface area contributed by atoms with Gasteiger partial charge in [0.1, 0.15) is 5.88 Å². The van der Waals surface area contributed by atoms with Gasteiger partial charge in [-0.05, 0) is 18.8 Å². The van der Waals surface area contributed by atoms with E-state index >= 15 is 0 Å². The molecule has 0 amide bonds. The minimum absolute atomic E-state index is 0.0244.